The highest BCUT2D eigenvalue weighted by atomic mass is 127. The molecule has 1 atom stereocenters. The molecule has 2 N–H and O–H groups in total. The Morgan fingerprint density at radius 3 is 2.61 bits per heavy atom. The molecule has 150 valence electrons. The molecule has 28 heavy (non-hydrogen) atoms. The van der Waals surface area contributed by atoms with Crippen LogP contribution in [0.15, 0.2) is 47.5 Å². The minimum absolute atomic E-state index is 0. The van der Waals surface area contributed by atoms with Crippen molar-refractivity contribution in [3.63, 3.8) is 0 Å². The number of halogens is 3. The van der Waals surface area contributed by atoms with E-state index in [9.17, 15) is 8.78 Å². The van der Waals surface area contributed by atoms with Crippen molar-refractivity contribution in [2.75, 3.05) is 13.6 Å². The maximum Gasteiger partial charge on any atom is 0.191 e. The van der Waals surface area contributed by atoms with Crippen LogP contribution in [0, 0.1) is 23.0 Å². The van der Waals surface area contributed by atoms with Gasteiger partial charge in [0, 0.05) is 25.2 Å². The number of rotatable bonds is 7. The second-order valence-corrected chi connectivity index (χ2v) is 5.83. The van der Waals surface area contributed by atoms with Gasteiger partial charge in [0.15, 0.2) is 5.96 Å². The van der Waals surface area contributed by atoms with E-state index >= 15 is 0 Å². The summed E-state index contributed by atoms with van der Waals surface area (Å²) in [4.78, 5) is 4.10. The Bertz CT molecular complexity index is 839. The summed E-state index contributed by atoms with van der Waals surface area (Å²) >= 11 is 0. The van der Waals surface area contributed by atoms with Crippen LogP contribution in [0.5, 0.6) is 5.75 Å². The molecule has 0 aliphatic rings. The number of hydrogen-bond donors (Lipinski definition) is 2. The highest BCUT2D eigenvalue weighted by molar-refractivity contribution is 14.0. The van der Waals surface area contributed by atoms with Gasteiger partial charge in [-0.2, -0.15) is 5.26 Å². The summed E-state index contributed by atoms with van der Waals surface area (Å²) in [7, 11) is 1.61. The number of nitrogens with zero attached hydrogens (tertiary/aromatic N) is 2. The minimum Gasteiger partial charge on any atom is -0.489 e. The average Bonchev–Trinajstić information content (AvgIpc) is 2.67. The summed E-state index contributed by atoms with van der Waals surface area (Å²) in [6.45, 7) is 2.63. The molecule has 2 aromatic carbocycles. The predicted molar refractivity (Wildman–Crippen MR) is 116 cm³/mol. The van der Waals surface area contributed by atoms with E-state index < -0.39 is 5.82 Å². The molecule has 0 saturated carbocycles. The fraction of sp³-hybridized carbons (Fsp3) is 0.300. The zero-order valence-electron chi connectivity index (χ0n) is 15.7. The second kappa shape index (κ2) is 12.1. The van der Waals surface area contributed by atoms with Gasteiger partial charge >= 0.3 is 0 Å². The normalized spacial score (nSPS) is 11.8. The van der Waals surface area contributed by atoms with Gasteiger partial charge in [0.1, 0.15) is 23.5 Å². The van der Waals surface area contributed by atoms with E-state index in [-0.39, 0.29) is 48.0 Å². The van der Waals surface area contributed by atoms with E-state index in [1.165, 1.54) is 18.2 Å². The van der Waals surface area contributed by atoms with E-state index in [0.29, 0.717) is 30.2 Å². The van der Waals surface area contributed by atoms with Crippen LogP contribution in [-0.2, 0) is 6.54 Å². The Kier molecular flexibility index (Phi) is 10.2. The molecule has 0 aromatic heterocycles. The molecule has 0 bridgehead atoms. The van der Waals surface area contributed by atoms with Crippen molar-refractivity contribution in [2.24, 2.45) is 4.99 Å². The van der Waals surface area contributed by atoms with Gasteiger partial charge in [0.25, 0.3) is 0 Å². The van der Waals surface area contributed by atoms with Gasteiger partial charge in [-0.05, 0) is 30.7 Å². The number of benzene rings is 2. The first kappa shape index (κ1) is 23.6. The van der Waals surface area contributed by atoms with Gasteiger partial charge in [0.05, 0.1) is 18.2 Å². The van der Waals surface area contributed by atoms with E-state index in [1.54, 1.807) is 31.3 Å². The summed E-state index contributed by atoms with van der Waals surface area (Å²) in [5.74, 6) is 0.154. The summed E-state index contributed by atoms with van der Waals surface area (Å²) in [6, 6.07) is 12.2. The monoisotopic (exact) mass is 500 g/mol. The lowest BCUT2D eigenvalue weighted by molar-refractivity contribution is 0.198. The average molecular weight is 500 g/mol. The Morgan fingerprint density at radius 2 is 2.00 bits per heavy atom. The molecule has 0 spiro atoms. The van der Waals surface area contributed by atoms with Gasteiger partial charge in [0.2, 0.25) is 0 Å². The molecule has 0 radical (unpaired) electrons. The third-order valence-corrected chi connectivity index (χ3v) is 3.90. The van der Waals surface area contributed by atoms with E-state index in [4.69, 9.17) is 10.00 Å². The number of nitrogens with one attached hydrogen (secondary N) is 2. The van der Waals surface area contributed by atoms with Crippen LogP contribution in [-0.4, -0.2) is 25.7 Å². The van der Waals surface area contributed by atoms with Crippen LogP contribution < -0.4 is 15.4 Å². The molecule has 2 rings (SSSR count). The predicted octanol–water partition coefficient (Wildman–Crippen LogP) is 3.98. The van der Waals surface area contributed by atoms with Crippen molar-refractivity contribution >= 4 is 29.9 Å². The molecule has 0 aliphatic heterocycles. The lowest BCUT2D eigenvalue weighted by Gasteiger charge is -2.20. The van der Waals surface area contributed by atoms with Gasteiger partial charge in [-0.1, -0.05) is 19.1 Å². The molecule has 2 aromatic rings. The van der Waals surface area contributed by atoms with Gasteiger partial charge in [-0.3, -0.25) is 4.99 Å². The molecule has 0 saturated heterocycles. The van der Waals surface area contributed by atoms with Crippen LogP contribution in [0.3, 0.4) is 0 Å². The van der Waals surface area contributed by atoms with Crippen molar-refractivity contribution in [3.05, 3.63) is 65.2 Å². The summed E-state index contributed by atoms with van der Waals surface area (Å²) < 4.78 is 33.0. The Hall–Kier alpha value is -2.41. The zero-order chi connectivity index (χ0) is 19.6. The van der Waals surface area contributed by atoms with E-state index in [2.05, 4.69) is 15.6 Å². The second-order valence-electron chi connectivity index (χ2n) is 5.83. The van der Waals surface area contributed by atoms with Crippen molar-refractivity contribution < 1.29 is 13.5 Å². The fourth-order valence-corrected chi connectivity index (χ4v) is 2.37. The maximum atomic E-state index is 13.9. The number of ether oxygens (including phenoxy) is 1. The maximum absolute atomic E-state index is 13.9. The van der Waals surface area contributed by atoms with Gasteiger partial charge in [-0.15, -0.1) is 24.0 Å². The van der Waals surface area contributed by atoms with Crippen LogP contribution >= 0.6 is 24.0 Å². The first-order valence-electron chi connectivity index (χ1n) is 8.61. The van der Waals surface area contributed by atoms with E-state index in [0.717, 1.165) is 0 Å². The lowest BCUT2D eigenvalue weighted by atomic mass is 10.1. The topological polar surface area (TPSA) is 69.4 Å². The van der Waals surface area contributed by atoms with Crippen molar-refractivity contribution in [2.45, 2.75) is 26.0 Å². The zero-order valence-corrected chi connectivity index (χ0v) is 18.0. The van der Waals surface area contributed by atoms with Crippen LogP contribution in [0.4, 0.5) is 8.78 Å². The van der Waals surface area contributed by atoms with Crippen LogP contribution in [0.25, 0.3) is 0 Å². The molecular formula is C20H23F2IN4O. The number of nitriles is 1. The first-order valence-corrected chi connectivity index (χ1v) is 8.61. The lowest BCUT2D eigenvalue weighted by Crippen LogP contribution is -2.42. The Balaban J connectivity index is 0.00000392. The smallest absolute Gasteiger partial charge is 0.191 e. The van der Waals surface area contributed by atoms with Crippen molar-refractivity contribution in [3.8, 4) is 11.8 Å². The van der Waals surface area contributed by atoms with Gasteiger partial charge < -0.3 is 15.4 Å². The van der Waals surface area contributed by atoms with Crippen molar-refractivity contribution in [1.29, 1.82) is 5.26 Å². The first-order chi connectivity index (χ1) is 13.0. The minimum atomic E-state index is -0.446. The highest BCUT2D eigenvalue weighted by Gasteiger charge is 2.11. The third kappa shape index (κ3) is 7.31. The largest absolute Gasteiger partial charge is 0.489 e. The van der Waals surface area contributed by atoms with Crippen LogP contribution in [0.2, 0.25) is 0 Å². The molecule has 1 unspecified atom stereocenters. The SMILES string of the molecule is CCC(CNC(=NC)NCc1ccc(C#N)cc1F)Oc1cccc(F)c1.I. The number of aliphatic imine (C=N–C) groups is 1. The Labute approximate surface area is 180 Å². The van der Waals surface area contributed by atoms with Crippen molar-refractivity contribution in [1.82, 2.24) is 10.6 Å². The summed E-state index contributed by atoms with van der Waals surface area (Å²) in [6.07, 6.45) is 0.530. The number of hydrogen-bond acceptors (Lipinski definition) is 3. The fourth-order valence-electron chi connectivity index (χ4n) is 2.37. The summed E-state index contributed by atoms with van der Waals surface area (Å²) in [5.41, 5.74) is 0.707. The highest BCUT2D eigenvalue weighted by Crippen LogP contribution is 2.15. The molecule has 0 fully saturated rings. The molecule has 8 heteroatoms. The molecular weight excluding hydrogens is 477 g/mol. The quantitative estimate of drug-likeness (QED) is 0.343. The van der Waals surface area contributed by atoms with Crippen LogP contribution in [0.1, 0.15) is 24.5 Å². The molecule has 0 aliphatic carbocycles. The van der Waals surface area contributed by atoms with E-state index in [1.807, 2.05) is 13.0 Å². The molecule has 0 heterocycles. The number of guanidine groups is 1. The molecule has 5 nitrogen and oxygen atoms in total. The summed E-state index contributed by atoms with van der Waals surface area (Å²) in [5, 5.41) is 14.9. The molecule has 0 amide bonds. The third-order valence-electron chi connectivity index (χ3n) is 3.90. The standard InChI is InChI=1S/C20H22F2N4O.HI/c1-3-17(27-18-6-4-5-16(21)10-18)13-26-20(24-2)25-12-15-8-7-14(11-23)9-19(15)22;/h4-10,17H,3,12-13H2,1-2H3,(H2,24,25,26);1H. The Morgan fingerprint density at radius 1 is 1.21 bits per heavy atom. The van der Waals surface area contributed by atoms with Gasteiger partial charge in [-0.25, -0.2) is 8.78 Å².